The smallest absolute Gasteiger partial charge is 0.264 e. The van der Waals surface area contributed by atoms with E-state index in [4.69, 9.17) is 14.2 Å². The van der Waals surface area contributed by atoms with Gasteiger partial charge in [-0.2, -0.15) is 0 Å². The molecule has 2 saturated heterocycles. The van der Waals surface area contributed by atoms with Gasteiger partial charge in [-0.1, -0.05) is 30.3 Å². The second kappa shape index (κ2) is 17.8. The van der Waals surface area contributed by atoms with Crippen molar-refractivity contribution >= 4 is 40.1 Å². The van der Waals surface area contributed by atoms with E-state index in [-0.39, 0.29) is 19.6 Å². The summed E-state index contributed by atoms with van der Waals surface area (Å²) in [5.41, 5.74) is -0.547. The average molecular weight is 750 g/mol. The number of anilines is 1. The third-order valence-electron chi connectivity index (χ3n) is 9.56. The van der Waals surface area contributed by atoms with Crippen molar-refractivity contribution in [2.24, 2.45) is 0 Å². The molecule has 0 saturated carbocycles. The zero-order valence-electron chi connectivity index (χ0n) is 29.8. The summed E-state index contributed by atoms with van der Waals surface area (Å²) < 4.78 is 17.9. The van der Waals surface area contributed by atoms with E-state index in [1.165, 1.54) is 6.92 Å². The van der Waals surface area contributed by atoms with E-state index in [2.05, 4.69) is 36.1 Å². The molecule has 5 heterocycles. The fourth-order valence-electron chi connectivity index (χ4n) is 6.46. The molecule has 0 unspecified atom stereocenters. The van der Waals surface area contributed by atoms with Gasteiger partial charge in [0.25, 0.3) is 5.91 Å². The predicted octanol–water partition coefficient (Wildman–Crippen LogP) is 0.611. The molecule has 3 atom stereocenters. The van der Waals surface area contributed by atoms with Crippen molar-refractivity contribution in [2.45, 2.75) is 56.5 Å². The van der Waals surface area contributed by atoms with Crippen LogP contribution in [0.25, 0.3) is 0 Å². The minimum atomic E-state index is -1.37. The van der Waals surface area contributed by atoms with E-state index in [9.17, 15) is 24.3 Å². The second-order valence-corrected chi connectivity index (χ2v) is 14.5. The molecule has 2 fully saturated rings. The summed E-state index contributed by atoms with van der Waals surface area (Å²) >= 11 is 1.66. The third kappa shape index (κ3) is 10.0. The van der Waals surface area contributed by atoms with Crippen LogP contribution in [0.3, 0.4) is 0 Å². The summed E-state index contributed by atoms with van der Waals surface area (Å²) in [6, 6.07) is 12.7. The number of amides is 4. The first-order chi connectivity index (χ1) is 25.7. The molecule has 2 bridgehead atoms. The Balaban J connectivity index is 1.24. The van der Waals surface area contributed by atoms with Gasteiger partial charge in [0.05, 0.1) is 26.4 Å². The normalized spacial score (nSPS) is 23.6. The Kier molecular flexibility index (Phi) is 12.8. The summed E-state index contributed by atoms with van der Waals surface area (Å²) in [5, 5.41) is 21.8. The maximum absolute atomic E-state index is 14.5. The third-order valence-corrected chi connectivity index (χ3v) is 10.6. The van der Waals surface area contributed by atoms with Crippen LogP contribution in [-0.4, -0.2) is 121 Å². The number of ether oxygens (including phenoxy) is 3. The lowest BCUT2D eigenvalue weighted by Crippen LogP contribution is -2.62. The van der Waals surface area contributed by atoms with Crippen LogP contribution in [0, 0.1) is 0 Å². The van der Waals surface area contributed by atoms with Gasteiger partial charge in [0.2, 0.25) is 17.7 Å². The van der Waals surface area contributed by atoms with Crippen molar-refractivity contribution in [1.29, 1.82) is 0 Å². The number of morpholine rings is 1. The molecule has 3 aromatic rings. The lowest BCUT2D eigenvalue weighted by molar-refractivity contribution is -0.144. The monoisotopic (exact) mass is 749 g/mol. The van der Waals surface area contributed by atoms with Crippen molar-refractivity contribution in [3.63, 3.8) is 0 Å². The number of benzene rings is 2. The molecular weight excluding hydrogens is 703 g/mol. The Hall–Kier alpha value is -4.77. The van der Waals surface area contributed by atoms with Gasteiger partial charge in [-0.25, -0.2) is 4.98 Å². The molecule has 1 spiro atoms. The molecule has 7 rings (SSSR count). The topological polar surface area (TPSA) is 184 Å². The number of carbonyl (C=O) groups excluding carboxylic acids is 4. The molecule has 16 heteroatoms. The number of nitrogens with one attached hydrogen (secondary N) is 4. The maximum atomic E-state index is 14.5. The van der Waals surface area contributed by atoms with Crippen LogP contribution in [-0.2, 0) is 36.9 Å². The van der Waals surface area contributed by atoms with Gasteiger partial charge in [-0.15, -0.1) is 11.3 Å². The van der Waals surface area contributed by atoms with E-state index >= 15 is 0 Å². The van der Waals surface area contributed by atoms with Crippen molar-refractivity contribution in [3.8, 4) is 11.5 Å². The second-order valence-electron chi connectivity index (χ2n) is 13.4. The lowest BCUT2D eigenvalue weighted by atomic mass is 9.89. The zero-order chi connectivity index (χ0) is 37.2. The zero-order valence-corrected chi connectivity index (χ0v) is 30.6. The summed E-state index contributed by atoms with van der Waals surface area (Å²) in [4.78, 5) is 64.4. The fourth-order valence-corrected chi connectivity index (χ4v) is 7.46. The molecule has 2 aromatic carbocycles. The molecule has 0 aliphatic carbocycles. The van der Waals surface area contributed by atoms with E-state index in [1.807, 2.05) is 36.5 Å². The molecule has 0 radical (unpaired) electrons. The van der Waals surface area contributed by atoms with Gasteiger partial charge in [0.15, 0.2) is 10.7 Å². The number of likely N-dealkylation sites (tertiary alicyclic amines) is 1. The van der Waals surface area contributed by atoms with Gasteiger partial charge < -0.3 is 45.5 Å². The molecule has 4 aliphatic heterocycles. The number of piperidine rings is 1. The van der Waals surface area contributed by atoms with Crippen LogP contribution in [0.2, 0.25) is 0 Å². The summed E-state index contributed by atoms with van der Waals surface area (Å²) in [6.07, 6.45) is 2.70. The Morgan fingerprint density at radius 3 is 2.26 bits per heavy atom. The van der Waals surface area contributed by atoms with Crippen molar-refractivity contribution < 1.29 is 38.5 Å². The van der Waals surface area contributed by atoms with Gasteiger partial charge in [0, 0.05) is 63.1 Å². The first kappa shape index (κ1) is 38.0. The fraction of sp³-hybridized carbons (Fsp3) is 0.486. The number of aromatic nitrogens is 1. The van der Waals surface area contributed by atoms with Crippen LogP contribution in [0.1, 0.15) is 30.2 Å². The largest absolute Gasteiger partial charge is 0.492 e. The number of fused-ring (bicyclic) bond motifs is 15. The van der Waals surface area contributed by atoms with E-state index in [1.54, 1.807) is 35.6 Å². The first-order valence-electron chi connectivity index (χ1n) is 18.0. The summed E-state index contributed by atoms with van der Waals surface area (Å²) in [7, 11) is 0. The van der Waals surface area contributed by atoms with Gasteiger partial charge in [0.1, 0.15) is 36.2 Å². The van der Waals surface area contributed by atoms with E-state index in [0.29, 0.717) is 57.2 Å². The number of hydrogen-bond acceptors (Lipinski definition) is 12. The van der Waals surface area contributed by atoms with Crippen LogP contribution in [0.4, 0.5) is 5.13 Å². The first-order valence-corrected chi connectivity index (χ1v) is 18.8. The SMILES string of the molecule is C[C@@H]1NC(=O)[C@H](CO)NC(=O)[C@@H](Cc2ccccc2)NC(=O)C2(CCN(Cc3cnc(N4CCOCC4)s3)CC2)Oc2ccc(cc2)OCCNC1=O. The molecule has 284 valence electrons. The molecule has 15 nitrogen and oxygen atoms in total. The number of carbonyl (C=O) groups is 4. The highest BCUT2D eigenvalue weighted by Gasteiger charge is 2.45. The number of nitrogens with zero attached hydrogens (tertiary/aromatic N) is 3. The molecule has 4 aliphatic rings. The Bertz CT molecular complexity index is 1690. The van der Waals surface area contributed by atoms with Crippen LogP contribution < -0.4 is 35.6 Å². The predicted molar refractivity (Wildman–Crippen MR) is 197 cm³/mol. The summed E-state index contributed by atoms with van der Waals surface area (Å²) in [6.45, 7) is 5.88. The van der Waals surface area contributed by atoms with Crippen molar-refractivity contribution in [3.05, 3.63) is 71.2 Å². The highest BCUT2D eigenvalue weighted by Crippen LogP contribution is 2.32. The Labute approximate surface area is 312 Å². The Morgan fingerprint density at radius 1 is 0.849 bits per heavy atom. The average Bonchev–Trinajstić information content (AvgIpc) is 3.65. The number of rotatable bonds is 6. The van der Waals surface area contributed by atoms with Crippen molar-refractivity contribution in [2.75, 3.05) is 64.1 Å². The highest BCUT2D eigenvalue weighted by atomic mass is 32.1. The summed E-state index contributed by atoms with van der Waals surface area (Å²) in [5.74, 6) is -1.34. The maximum Gasteiger partial charge on any atom is 0.264 e. The van der Waals surface area contributed by atoms with Crippen LogP contribution in [0.15, 0.2) is 60.8 Å². The Morgan fingerprint density at radius 2 is 1.55 bits per heavy atom. The van der Waals surface area contributed by atoms with E-state index < -0.39 is 54.0 Å². The number of thiazole rings is 1. The van der Waals surface area contributed by atoms with Crippen LogP contribution >= 0.6 is 11.3 Å². The molecule has 5 N–H and O–H groups in total. The molecule has 4 amide bonds. The minimum Gasteiger partial charge on any atom is -0.492 e. The number of hydrogen-bond donors (Lipinski definition) is 5. The number of aliphatic hydroxyl groups excluding tert-OH is 1. The quantitative estimate of drug-likeness (QED) is 0.223. The van der Waals surface area contributed by atoms with Crippen LogP contribution in [0.5, 0.6) is 11.5 Å². The highest BCUT2D eigenvalue weighted by molar-refractivity contribution is 7.15. The minimum absolute atomic E-state index is 0.113. The van der Waals surface area contributed by atoms with E-state index in [0.717, 1.165) is 28.7 Å². The molecule has 53 heavy (non-hydrogen) atoms. The molecule has 1 aromatic heterocycles. The van der Waals surface area contributed by atoms with Gasteiger partial charge in [-0.3, -0.25) is 24.1 Å². The molecular formula is C37H47N7O8S. The lowest BCUT2D eigenvalue weighted by Gasteiger charge is -2.41. The van der Waals surface area contributed by atoms with Gasteiger partial charge >= 0.3 is 0 Å². The number of aliphatic hydroxyl groups is 1. The standard InChI is InChI=1S/C37H47N7O8S/c1-25-32(46)38-13-18-51-27-7-9-28(10-8-27)52-37(11-14-43(15-12-37)23-29-22-39-36(53-29)44-16-19-50-20-17-44)35(49)42-30(21-26-5-3-2-4-6-26)33(47)41-31(24-45)34(48)40-25/h2-10,22,25,30-31,45H,11-21,23-24H2,1H3,(H,38,46)(H,40,48)(H,41,47)(H,42,49)/t25-,30+,31-/m0/s1. The van der Waals surface area contributed by atoms with Gasteiger partial charge in [-0.05, 0) is 36.8 Å². The van der Waals surface area contributed by atoms with Crippen molar-refractivity contribution in [1.82, 2.24) is 31.2 Å².